The number of amides is 1. The number of nitrogens with one attached hydrogen (secondary N) is 1. The molecule has 0 aliphatic heterocycles. The maximum atomic E-state index is 12.9. The number of rotatable bonds is 5. The molecule has 0 fully saturated rings. The maximum absolute atomic E-state index is 12.9. The second-order valence-corrected chi connectivity index (χ2v) is 7.57. The lowest BCUT2D eigenvalue weighted by atomic mass is 10.2. The van der Waals surface area contributed by atoms with Gasteiger partial charge in [-0.25, -0.2) is 4.39 Å². The predicted molar refractivity (Wildman–Crippen MR) is 99.5 cm³/mol. The number of carbonyl (C=O) groups is 1. The molecule has 0 aliphatic rings. The summed E-state index contributed by atoms with van der Waals surface area (Å²) >= 11 is 3.00. The number of nitrogens with zero attached hydrogens (tertiary/aromatic N) is 3. The highest BCUT2D eigenvalue weighted by molar-refractivity contribution is 7.99. The number of hydrogen-bond donors (Lipinski definition) is 1. The van der Waals surface area contributed by atoms with Crippen molar-refractivity contribution in [2.24, 2.45) is 7.05 Å². The number of halogens is 1. The first-order valence-corrected chi connectivity index (χ1v) is 9.45. The van der Waals surface area contributed by atoms with E-state index in [9.17, 15) is 9.18 Å². The molecule has 0 saturated heterocycles. The molecule has 0 radical (unpaired) electrons. The normalized spacial score (nSPS) is 10.9. The average Bonchev–Trinajstić information content (AvgIpc) is 3.11. The van der Waals surface area contributed by atoms with Gasteiger partial charge < -0.3 is 9.88 Å². The first-order chi connectivity index (χ1) is 12.0. The molecule has 130 valence electrons. The summed E-state index contributed by atoms with van der Waals surface area (Å²) in [5, 5.41) is 13.9. The van der Waals surface area contributed by atoms with Crippen molar-refractivity contribution in [1.82, 2.24) is 14.8 Å². The molecule has 5 nitrogen and oxygen atoms in total. The van der Waals surface area contributed by atoms with Gasteiger partial charge in [-0.15, -0.1) is 21.5 Å². The molecule has 1 amide bonds. The van der Waals surface area contributed by atoms with Gasteiger partial charge in [0, 0.05) is 28.6 Å². The van der Waals surface area contributed by atoms with E-state index < -0.39 is 0 Å². The molecular weight excluding hydrogens is 359 g/mol. The lowest BCUT2D eigenvalue weighted by Crippen LogP contribution is -2.14. The molecule has 1 aromatic carbocycles. The van der Waals surface area contributed by atoms with Crippen LogP contribution in [0.2, 0.25) is 0 Å². The molecule has 0 unspecified atom stereocenters. The summed E-state index contributed by atoms with van der Waals surface area (Å²) in [6, 6.07) is 5.67. The van der Waals surface area contributed by atoms with Crippen LogP contribution in [0.25, 0.3) is 11.4 Å². The van der Waals surface area contributed by atoms with E-state index in [-0.39, 0.29) is 17.5 Å². The monoisotopic (exact) mass is 376 g/mol. The number of thioether (sulfide) groups is 1. The molecular formula is C17H17FN4OS2. The highest BCUT2D eigenvalue weighted by Crippen LogP contribution is 2.30. The molecule has 0 atom stereocenters. The lowest BCUT2D eigenvalue weighted by Gasteiger charge is -2.05. The Hall–Kier alpha value is -2.19. The fourth-order valence-corrected chi connectivity index (χ4v) is 3.84. The summed E-state index contributed by atoms with van der Waals surface area (Å²) in [4.78, 5) is 13.3. The Kier molecular flexibility index (Phi) is 5.19. The lowest BCUT2D eigenvalue weighted by molar-refractivity contribution is -0.113. The van der Waals surface area contributed by atoms with E-state index in [0.29, 0.717) is 10.8 Å². The van der Waals surface area contributed by atoms with Gasteiger partial charge in [0.2, 0.25) is 5.91 Å². The molecule has 25 heavy (non-hydrogen) atoms. The fraction of sp³-hybridized carbons (Fsp3) is 0.235. The van der Waals surface area contributed by atoms with Crippen LogP contribution in [0.1, 0.15) is 10.4 Å². The van der Waals surface area contributed by atoms with E-state index in [1.54, 1.807) is 11.3 Å². The highest BCUT2D eigenvalue weighted by atomic mass is 32.2. The number of anilines is 1. The van der Waals surface area contributed by atoms with E-state index in [1.807, 2.05) is 11.6 Å². The van der Waals surface area contributed by atoms with Gasteiger partial charge in [0.15, 0.2) is 11.0 Å². The highest BCUT2D eigenvalue weighted by Gasteiger charge is 2.16. The van der Waals surface area contributed by atoms with Crippen LogP contribution in [0.15, 0.2) is 34.8 Å². The van der Waals surface area contributed by atoms with Crippen molar-refractivity contribution in [2.75, 3.05) is 11.1 Å². The Morgan fingerprint density at radius 1 is 1.28 bits per heavy atom. The molecule has 0 saturated carbocycles. The summed E-state index contributed by atoms with van der Waals surface area (Å²) in [7, 11) is 1.89. The largest absolute Gasteiger partial charge is 0.325 e. The number of carbonyl (C=O) groups excluding carboxylic acids is 1. The third-order valence-corrected chi connectivity index (χ3v) is 5.86. The number of thiophene rings is 1. The molecule has 3 rings (SSSR count). The third kappa shape index (κ3) is 3.91. The molecule has 3 aromatic rings. The van der Waals surface area contributed by atoms with E-state index >= 15 is 0 Å². The zero-order valence-electron chi connectivity index (χ0n) is 14.0. The number of aromatic nitrogens is 3. The van der Waals surface area contributed by atoms with E-state index in [0.717, 1.165) is 11.4 Å². The van der Waals surface area contributed by atoms with Crippen LogP contribution in [-0.4, -0.2) is 26.4 Å². The molecule has 2 aromatic heterocycles. The van der Waals surface area contributed by atoms with Gasteiger partial charge in [0.05, 0.1) is 5.75 Å². The van der Waals surface area contributed by atoms with Crippen molar-refractivity contribution in [3.63, 3.8) is 0 Å². The van der Waals surface area contributed by atoms with Gasteiger partial charge in [0.1, 0.15) is 5.82 Å². The molecule has 1 N–H and O–H groups in total. The van der Waals surface area contributed by atoms with Gasteiger partial charge in [-0.3, -0.25) is 4.79 Å². The predicted octanol–water partition coefficient (Wildman–Crippen LogP) is 4.03. The van der Waals surface area contributed by atoms with Crippen LogP contribution in [0, 0.1) is 19.7 Å². The number of aryl methyl sites for hydroxylation is 1. The fourth-order valence-electron chi connectivity index (χ4n) is 2.27. The SMILES string of the molecule is Cc1scc(-c2nnc(SCC(=O)Nc3ccc(F)cc3)n2C)c1C. The molecule has 0 spiro atoms. The smallest absolute Gasteiger partial charge is 0.234 e. The van der Waals surface area contributed by atoms with Gasteiger partial charge in [-0.05, 0) is 43.7 Å². The van der Waals surface area contributed by atoms with Crippen molar-refractivity contribution in [3.05, 3.63) is 45.9 Å². The summed E-state index contributed by atoms with van der Waals surface area (Å²) in [6.45, 7) is 4.15. The van der Waals surface area contributed by atoms with Gasteiger partial charge >= 0.3 is 0 Å². The second kappa shape index (κ2) is 7.37. The minimum atomic E-state index is -0.335. The average molecular weight is 376 g/mol. The third-order valence-electron chi connectivity index (χ3n) is 3.82. The minimum Gasteiger partial charge on any atom is -0.325 e. The van der Waals surface area contributed by atoms with Crippen molar-refractivity contribution in [3.8, 4) is 11.4 Å². The molecule has 0 aliphatic carbocycles. The molecule has 2 heterocycles. The Morgan fingerprint density at radius 2 is 2.00 bits per heavy atom. The summed E-state index contributed by atoms with van der Waals surface area (Å²) in [5.74, 6) is 0.482. The van der Waals surface area contributed by atoms with Crippen LogP contribution in [0.4, 0.5) is 10.1 Å². The van der Waals surface area contributed by atoms with Crippen molar-refractivity contribution >= 4 is 34.7 Å². The second-order valence-electron chi connectivity index (χ2n) is 5.54. The number of benzene rings is 1. The molecule has 0 bridgehead atoms. The zero-order valence-corrected chi connectivity index (χ0v) is 15.7. The summed E-state index contributed by atoms with van der Waals surface area (Å²) in [6.07, 6.45) is 0. The van der Waals surface area contributed by atoms with Gasteiger partial charge in [-0.1, -0.05) is 11.8 Å². The number of hydrogen-bond acceptors (Lipinski definition) is 5. The van der Waals surface area contributed by atoms with Crippen molar-refractivity contribution < 1.29 is 9.18 Å². The van der Waals surface area contributed by atoms with Gasteiger partial charge in [-0.2, -0.15) is 0 Å². The Morgan fingerprint density at radius 3 is 2.64 bits per heavy atom. The first kappa shape index (κ1) is 17.6. The van der Waals surface area contributed by atoms with Crippen LogP contribution < -0.4 is 5.32 Å². The van der Waals surface area contributed by atoms with Gasteiger partial charge in [0.25, 0.3) is 0 Å². The molecule has 8 heteroatoms. The van der Waals surface area contributed by atoms with Crippen molar-refractivity contribution in [2.45, 2.75) is 19.0 Å². The van der Waals surface area contributed by atoms with E-state index in [1.165, 1.54) is 46.5 Å². The first-order valence-electron chi connectivity index (χ1n) is 7.58. The standard InChI is InChI=1S/C17H17FN4OS2/c1-10-11(2)24-8-14(10)16-20-21-17(22(16)3)25-9-15(23)19-13-6-4-12(18)5-7-13/h4-8H,9H2,1-3H3,(H,19,23). The van der Waals surface area contributed by atoms with Crippen LogP contribution in [0.3, 0.4) is 0 Å². The quantitative estimate of drug-likeness (QED) is 0.683. The maximum Gasteiger partial charge on any atom is 0.234 e. The van der Waals surface area contributed by atoms with Crippen molar-refractivity contribution in [1.29, 1.82) is 0 Å². The zero-order chi connectivity index (χ0) is 18.0. The Balaban J connectivity index is 1.65. The van der Waals surface area contributed by atoms with Crippen LogP contribution >= 0.6 is 23.1 Å². The summed E-state index contributed by atoms with van der Waals surface area (Å²) < 4.78 is 14.8. The Labute approximate surface area is 153 Å². The topological polar surface area (TPSA) is 59.8 Å². The summed E-state index contributed by atoms with van der Waals surface area (Å²) in [5.41, 5.74) is 2.83. The minimum absolute atomic E-state index is 0.177. The Bertz CT molecular complexity index is 902. The van der Waals surface area contributed by atoms with E-state index in [4.69, 9.17) is 0 Å². The van der Waals surface area contributed by atoms with Crippen LogP contribution in [0.5, 0.6) is 0 Å². The van der Waals surface area contributed by atoms with E-state index in [2.05, 4.69) is 34.7 Å². The van der Waals surface area contributed by atoms with Crippen LogP contribution in [-0.2, 0) is 11.8 Å².